The van der Waals surface area contributed by atoms with Crippen molar-refractivity contribution in [1.29, 1.82) is 0 Å². The number of benzene rings is 3. The lowest BCUT2D eigenvalue weighted by molar-refractivity contribution is -0.127. The van der Waals surface area contributed by atoms with Crippen LogP contribution in [0.1, 0.15) is 34.6 Å². The number of halogens is 1. The fourth-order valence-electron chi connectivity index (χ4n) is 4.92. The third kappa shape index (κ3) is 6.03. The van der Waals surface area contributed by atoms with Crippen molar-refractivity contribution in [2.24, 2.45) is 5.92 Å². The van der Waals surface area contributed by atoms with Crippen LogP contribution in [0.5, 0.6) is 5.75 Å². The van der Waals surface area contributed by atoms with Crippen molar-refractivity contribution in [1.82, 2.24) is 10.2 Å². The highest BCUT2D eigenvalue weighted by atomic mass is 19.1. The fourth-order valence-corrected chi connectivity index (χ4v) is 4.92. The van der Waals surface area contributed by atoms with Gasteiger partial charge >= 0.3 is 0 Å². The third-order valence-corrected chi connectivity index (χ3v) is 6.65. The molecule has 1 aliphatic heterocycles. The van der Waals surface area contributed by atoms with E-state index in [1.165, 1.54) is 17.2 Å². The van der Waals surface area contributed by atoms with Crippen molar-refractivity contribution in [3.05, 3.63) is 101 Å². The van der Waals surface area contributed by atoms with E-state index in [1.54, 1.807) is 13.2 Å². The fraction of sp³-hybridized carbons (Fsp3) is 0.345. The van der Waals surface area contributed by atoms with Crippen LogP contribution < -0.4 is 10.1 Å². The van der Waals surface area contributed by atoms with Gasteiger partial charge in [0.15, 0.2) is 0 Å². The maximum Gasteiger partial charge on any atom is 0.224 e. The zero-order chi connectivity index (χ0) is 23.9. The van der Waals surface area contributed by atoms with Crippen molar-refractivity contribution < 1.29 is 13.9 Å². The average Bonchev–Trinajstić information content (AvgIpc) is 2.85. The van der Waals surface area contributed by atoms with E-state index in [0.717, 1.165) is 24.3 Å². The summed E-state index contributed by atoms with van der Waals surface area (Å²) in [7, 11) is 1.66. The number of piperidine rings is 1. The Labute approximate surface area is 201 Å². The van der Waals surface area contributed by atoms with Crippen LogP contribution in [-0.4, -0.2) is 37.6 Å². The van der Waals surface area contributed by atoms with Gasteiger partial charge in [0.05, 0.1) is 13.0 Å². The molecule has 4 rings (SSSR count). The average molecular weight is 461 g/mol. The highest BCUT2D eigenvalue weighted by molar-refractivity contribution is 5.79. The first-order valence-corrected chi connectivity index (χ1v) is 12.0. The lowest BCUT2D eigenvalue weighted by Gasteiger charge is -2.37. The summed E-state index contributed by atoms with van der Waals surface area (Å²) >= 11 is 0. The summed E-state index contributed by atoms with van der Waals surface area (Å²) in [5.41, 5.74) is 4.20. The number of nitrogens with one attached hydrogen (secondary N) is 1. The number of hydrogen-bond acceptors (Lipinski definition) is 3. The van der Waals surface area contributed by atoms with Gasteiger partial charge in [0.1, 0.15) is 11.6 Å². The lowest BCUT2D eigenvalue weighted by atomic mass is 9.83. The first-order chi connectivity index (χ1) is 16.5. The highest BCUT2D eigenvalue weighted by Crippen LogP contribution is 2.32. The minimum atomic E-state index is -0.196. The van der Waals surface area contributed by atoms with Crippen LogP contribution in [0, 0.1) is 18.7 Å². The van der Waals surface area contributed by atoms with Gasteiger partial charge in [0.2, 0.25) is 5.91 Å². The second-order valence-electron chi connectivity index (χ2n) is 9.18. The molecule has 1 N–H and O–H groups in total. The van der Waals surface area contributed by atoms with E-state index >= 15 is 0 Å². The molecule has 3 aromatic rings. The maximum atomic E-state index is 14.3. The molecule has 4 nitrogen and oxygen atoms in total. The third-order valence-electron chi connectivity index (χ3n) is 6.65. The summed E-state index contributed by atoms with van der Waals surface area (Å²) in [6.45, 7) is 4.57. The van der Waals surface area contributed by atoms with Crippen molar-refractivity contribution in [2.75, 3.05) is 26.7 Å². The topological polar surface area (TPSA) is 41.6 Å². The molecule has 2 atom stereocenters. The Balaban J connectivity index is 1.45. The van der Waals surface area contributed by atoms with Crippen LogP contribution in [0.25, 0.3) is 0 Å². The van der Waals surface area contributed by atoms with Crippen molar-refractivity contribution in [3.8, 4) is 5.75 Å². The van der Waals surface area contributed by atoms with Gasteiger partial charge < -0.3 is 10.1 Å². The van der Waals surface area contributed by atoms with Crippen LogP contribution in [0.3, 0.4) is 0 Å². The van der Waals surface area contributed by atoms with Crippen molar-refractivity contribution in [2.45, 2.75) is 32.2 Å². The number of hydrogen-bond donors (Lipinski definition) is 1. The Morgan fingerprint density at radius 1 is 1.03 bits per heavy atom. The SMILES string of the molecule is COc1ccccc1CCNC(=O)[C@@H]1C[C@H](c2cccc(C)c2)CN(Cc2ccccc2F)C1. The molecule has 0 unspecified atom stereocenters. The van der Waals surface area contributed by atoms with Crippen LogP contribution in [0.2, 0.25) is 0 Å². The molecule has 3 aromatic carbocycles. The Morgan fingerprint density at radius 2 is 1.79 bits per heavy atom. The quantitative estimate of drug-likeness (QED) is 0.508. The van der Waals surface area contributed by atoms with E-state index in [9.17, 15) is 9.18 Å². The molecule has 0 bridgehead atoms. The number of para-hydroxylation sites is 1. The normalized spacial score (nSPS) is 18.4. The summed E-state index contributed by atoms with van der Waals surface area (Å²) in [4.78, 5) is 15.4. The molecule has 0 radical (unpaired) electrons. The Hall–Kier alpha value is -3.18. The van der Waals surface area contributed by atoms with Crippen molar-refractivity contribution >= 4 is 5.91 Å². The van der Waals surface area contributed by atoms with E-state index in [0.29, 0.717) is 31.6 Å². The van der Waals surface area contributed by atoms with Gasteiger partial charge in [-0.25, -0.2) is 4.39 Å². The molecule has 1 aliphatic rings. The zero-order valence-corrected chi connectivity index (χ0v) is 20.0. The monoisotopic (exact) mass is 460 g/mol. The minimum Gasteiger partial charge on any atom is -0.496 e. The predicted molar refractivity (Wildman–Crippen MR) is 133 cm³/mol. The summed E-state index contributed by atoms with van der Waals surface area (Å²) in [5, 5.41) is 3.14. The van der Waals surface area contributed by atoms with Gasteiger partial charge in [0, 0.05) is 31.7 Å². The number of likely N-dealkylation sites (tertiary alicyclic amines) is 1. The van der Waals surface area contributed by atoms with Crippen LogP contribution >= 0.6 is 0 Å². The largest absolute Gasteiger partial charge is 0.496 e. The summed E-state index contributed by atoms with van der Waals surface area (Å²) in [6, 6.07) is 23.3. The lowest BCUT2D eigenvalue weighted by Crippen LogP contribution is -2.45. The minimum absolute atomic E-state index is 0.0609. The second kappa shape index (κ2) is 11.3. The summed E-state index contributed by atoms with van der Waals surface area (Å²) < 4.78 is 19.8. The number of carbonyl (C=O) groups excluding carboxylic acids is 1. The molecule has 0 saturated carbocycles. The molecule has 1 amide bonds. The Kier molecular flexibility index (Phi) is 7.96. The molecule has 1 saturated heterocycles. The molecule has 1 heterocycles. The molecule has 0 aliphatic carbocycles. The van der Waals surface area contributed by atoms with Crippen LogP contribution in [0.4, 0.5) is 4.39 Å². The smallest absolute Gasteiger partial charge is 0.224 e. The number of methoxy groups -OCH3 is 1. The standard InChI is InChI=1S/C29H33FN2O2/c1-21-8-7-11-23(16-21)25-17-26(20-32(19-25)18-24-10-3-5-12-27(24)30)29(33)31-15-14-22-9-4-6-13-28(22)34-2/h3-13,16,25-26H,14-15,17-20H2,1-2H3,(H,31,33)/t25-,26+/m0/s1. The number of rotatable bonds is 8. The Bertz CT molecular complexity index is 1120. The van der Waals surface area contributed by atoms with Gasteiger partial charge in [-0.2, -0.15) is 0 Å². The zero-order valence-electron chi connectivity index (χ0n) is 20.0. The number of carbonyl (C=O) groups is 1. The van der Waals surface area contributed by atoms with E-state index in [-0.39, 0.29) is 23.6 Å². The molecule has 0 spiro atoms. The molecule has 0 aromatic heterocycles. The maximum absolute atomic E-state index is 14.3. The number of amides is 1. The Morgan fingerprint density at radius 3 is 2.56 bits per heavy atom. The van der Waals surface area contributed by atoms with Gasteiger partial charge in [0.25, 0.3) is 0 Å². The molecule has 5 heteroatoms. The first kappa shape index (κ1) is 24.0. The van der Waals surface area contributed by atoms with E-state index in [2.05, 4.69) is 41.4 Å². The molecule has 178 valence electrons. The van der Waals surface area contributed by atoms with Crippen LogP contribution in [-0.2, 0) is 17.8 Å². The predicted octanol–water partition coefficient (Wildman–Crippen LogP) is 5.11. The van der Waals surface area contributed by atoms with Crippen LogP contribution in [0.15, 0.2) is 72.8 Å². The molecular formula is C29H33FN2O2. The van der Waals surface area contributed by atoms with Crippen molar-refractivity contribution in [3.63, 3.8) is 0 Å². The molecular weight excluding hydrogens is 427 g/mol. The van der Waals surface area contributed by atoms with E-state index in [1.807, 2.05) is 36.4 Å². The first-order valence-electron chi connectivity index (χ1n) is 12.0. The van der Waals surface area contributed by atoms with E-state index < -0.39 is 0 Å². The number of aryl methyl sites for hydroxylation is 1. The second-order valence-corrected chi connectivity index (χ2v) is 9.18. The molecule has 1 fully saturated rings. The van der Waals surface area contributed by atoms with Gasteiger partial charge in [-0.1, -0.05) is 66.2 Å². The number of ether oxygens (including phenoxy) is 1. The highest BCUT2D eigenvalue weighted by Gasteiger charge is 2.32. The number of nitrogens with zero attached hydrogens (tertiary/aromatic N) is 1. The summed E-state index contributed by atoms with van der Waals surface area (Å²) in [6.07, 6.45) is 1.50. The molecule has 34 heavy (non-hydrogen) atoms. The summed E-state index contributed by atoms with van der Waals surface area (Å²) in [5.74, 6) is 0.780. The van der Waals surface area contributed by atoms with E-state index in [4.69, 9.17) is 4.74 Å². The van der Waals surface area contributed by atoms with Gasteiger partial charge in [-0.05, 0) is 48.9 Å². The van der Waals surface area contributed by atoms with Gasteiger partial charge in [-0.15, -0.1) is 0 Å². The van der Waals surface area contributed by atoms with Gasteiger partial charge in [-0.3, -0.25) is 9.69 Å².